The summed E-state index contributed by atoms with van der Waals surface area (Å²) in [5.74, 6) is 0.158. The molecule has 0 aliphatic heterocycles. The van der Waals surface area contributed by atoms with Crippen LogP contribution in [0, 0.1) is 20.8 Å². The lowest BCUT2D eigenvalue weighted by Gasteiger charge is -2.32. The number of halogens is 1. The van der Waals surface area contributed by atoms with E-state index < -0.39 is 6.04 Å². The van der Waals surface area contributed by atoms with Gasteiger partial charge in [-0.3, -0.25) is 9.59 Å². The molecule has 190 valence electrons. The molecule has 2 amide bonds. The van der Waals surface area contributed by atoms with Gasteiger partial charge in [-0.2, -0.15) is 0 Å². The Morgan fingerprint density at radius 1 is 0.944 bits per heavy atom. The summed E-state index contributed by atoms with van der Waals surface area (Å²) in [6, 6.07) is 20.7. The zero-order chi connectivity index (χ0) is 26.1. The third kappa shape index (κ3) is 7.34. The molecule has 0 radical (unpaired) electrons. The fraction of sp³-hybridized carbons (Fsp3) is 0.333. The molecule has 36 heavy (non-hydrogen) atoms. The van der Waals surface area contributed by atoms with Gasteiger partial charge in [-0.15, -0.1) is 0 Å². The van der Waals surface area contributed by atoms with Crippen LogP contribution < -0.4 is 10.1 Å². The van der Waals surface area contributed by atoms with Crippen LogP contribution in [-0.4, -0.2) is 35.9 Å². The second-order valence-corrected chi connectivity index (χ2v) is 9.48. The van der Waals surface area contributed by atoms with Gasteiger partial charge in [0.25, 0.3) is 5.91 Å². The van der Waals surface area contributed by atoms with E-state index in [0.717, 1.165) is 34.2 Å². The van der Waals surface area contributed by atoms with Gasteiger partial charge in [-0.05, 0) is 67.1 Å². The predicted molar refractivity (Wildman–Crippen MR) is 145 cm³/mol. The largest absolute Gasteiger partial charge is 0.484 e. The van der Waals surface area contributed by atoms with E-state index in [9.17, 15) is 9.59 Å². The SMILES string of the molecule is CCCNC(=O)C(Cc1ccccc1)N(Cc1ccccc1C)C(=O)COc1cc(C)c(Cl)c(C)c1. The van der Waals surface area contributed by atoms with Crippen LogP contribution in [0.15, 0.2) is 66.7 Å². The van der Waals surface area contributed by atoms with Gasteiger partial charge in [0.1, 0.15) is 11.8 Å². The molecule has 5 nitrogen and oxygen atoms in total. The highest BCUT2D eigenvalue weighted by Crippen LogP contribution is 2.26. The lowest BCUT2D eigenvalue weighted by molar-refractivity contribution is -0.142. The molecular formula is C30H35ClN2O3. The summed E-state index contributed by atoms with van der Waals surface area (Å²) in [5, 5.41) is 3.68. The quantitative estimate of drug-likeness (QED) is 0.357. The Bertz CT molecular complexity index is 1160. The number of hydrogen-bond donors (Lipinski definition) is 1. The fourth-order valence-electron chi connectivity index (χ4n) is 4.11. The molecule has 0 saturated heterocycles. The molecule has 0 fully saturated rings. The maximum atomic E-state index is 13.7. The average Bonchev–Trinajstić information content (AvgIpc) is 2.88. The van der Waals surface area contributed by atoms with E-state index in [-0.39, 0.29) is 18.4 Å². The molecule has 3 aromatic rings. The Kier molecular flexibility index (Phi) is 9.95. The summed E-state index contributed by atoms with van der Waals surface area (Å²) >= 11 is 6.29. The maximum absolute atomic E-state index is 13.7. The van der Waals surface area contributed by atoms with Gasteiger partial charge < -0.3 is 15.0 Å². The molecule has 1 atom stereocenters. The topological polar surface area (TPSA) is 58.6 Å². The molecule has 0 bridgehead atoms. The van der Waals surface area contributed by atoms with Crippen LogP contribution in [0.25, 0.3) is 0 Å². The standard InChI is InChI=1S/C30H35ClN2O3/c1-5-15-32-30(35)27(18-24-12-7-6-8-13-24)33(19-25-14-10-9-11-21(25)2)28(34)20-36-26-16-22(3)29(31)23(4)17-26/h6-14,16-17,27H,5,15,18-20H2,1-4H3,(H,32,35). The first-order valence-corrected chi connectivity index (χ1v) is 12.7. The van der Waals surface area contributed by atoms with E-state index in [4.69, 9.17) is 16.3 Å². The monoisotopic (exact) mass is 506 g/mol. The maximum Gasteiger partial charge on any atom is 0.261 e. The number of nitrogens with one attached hydrogen (secondary N) is 1. The van der Waals surface area contributed by atoms with Crippen molar-refractivity contribution in [1.29, 1.82) is 0 Å². The zero-order valence-corrected chi connectivity index (χ0v) is 22.3. The molecule has 0 spiro atoms. The summed E-state index contributed by atoms with van der Waals surface area (Å²) in [4.78, 5) is 28.7. The second-order valence-electron chi connectivity index (χ2n) is 9.10. The highest BCUT2D eigenvalue weighted by Gasteiger charge is 2.30. The number of ether oxygens (including phenoxy) is 1. The van der Waals surface area contributed by atoms with E-state index in [1.54, 1.807) is 4.90 Å². The fourth-order valence-corrected chi connectivity index (χ4v) is 4.22. The molecular weight excluding hydrogens is 472 g/mol. The third-order valence-electron chi connectivity index (χ3n) is 6.19. The van der Waals surface area contributed by atoms with Gasteiger partial charge in [0.2, 0.25) is 5.91 Å². The van der Waals surface area contributed by atoms with Crippen molar-refractivity contribution in [2.45, 2.75) is 53.1 Å². The minimum absolute atomic E-state index is 0.166. The molecule has 0 saturated carbocycles. The minimum Gasteiger partial charge on any atom is -0.484 e. The lowest BCUT2D eigenvalue weighted by Crippen LogP contribution is -2.51. The first-order valence-electron chi connectivity index (χ1n) is 12.3. The molecule has 0 aliphatic rings. The number of carbonyl (C=O) groups is 2. The Labute approximate surface area is 219 Å². The van der Waals surface area contributed by atoms with Crippen LogP contribution in [0.2, 0.25) is 5.02 Å². The molecule has 0 aromatic heterocycles. The first kappa shape index (κ1) is 27.3. The van der Waals surface area contributed by atoms with Crippen molar-refractivity contribution in [3.05, 3.63) is 99.6 Å². The van der Waals surface area contributed by atoms with Crippen LogP contribution in [0.1, 0.15) is 41.2 Å². The van der Waals surface area contributed by atoms with Gasteiger partial charge in [-0.1, -0.05) is 73.1 Å². The Balaban J connectivity index is 1.92. The Morgan fingerprint density at radius 2 is 1.58 bits per heavy atom. The Hall–Kier alpha value is -3.31. The molecule has 1 unspecified atom stereocenters. The Morgan fingerprint density at radius 3 is 2.22 bits per heavy atom. The van der Waals surface area contributed by atoms with Crippen LogP contribution >= 0.6 is 11.6 Å². The van der Waals surface area contributed by atoms with Crippen molar-refractivity contribution in [3.63, 3.8) is 0 Å². The van der Waals surface area contributed by atoms with Gasteiger partial charge in [0, 0.05) is 24.5 Å². The minimum atomic E-state index is -0.677. The smallest absolute Gasteiger partial charge is 0.261 e. The highest BCUT2D eigenvalue weighted by atomic mass is 35.5. The summed E-state index contributed by atoms with van der Waals surface area (Å²) in [5.41, 5.74) is 4.81. The van der Waals surface area contributed by atoms with Crippen LogP contribution in [0.3, 0.4) is 0 Å². The van der Waals surface area contributed by atoms with Crippen molar-refractivity contribution in [1.82, 2.24) is 10.2 Å². The summed E-state index contributed by atoms with van der Waals surface area (Å²) < 4.78 is 5.91. The predicted octanol–water partition coefficient (Wildman–Crippen LogP) is 5.81. The van der Waals surface area contributed by atoms with Crippen molar-refractivity contribution >= 4 is 23.4 Å². The normalized spacial score (nSPS) is 11.6. The van der Waals surface area contributed by atoms with Gasteiger partial charge >= 0.3 is 0 Å². The van der Waals surface area contributed by atoms with Crippen molar-refractivity contribution in [2.24, 2.45) is 0 Å². The van der Waals surface area contributed by atoms with E-state index in [1.807, 2.05) is 94.4 Å². The number of amides is 2. The average molecular weight is 507 g/mol. The molecule has 1 N–H and O–H groups in total. The lowest BCUT2D eigenvalue weighted by atomic mass is 10.0. The summed E-state index contributed by atoms with van der Waals surface area (Å²) in [6.45, 7) is 8.51. The number of aryl methyl sites for hydroxylation is 3. The number of nitrogens with zero attached hydrogens (tertiary/aromatic N) is 1. The highest BCUT2D eigenvalue weighted by molar-refractivity contribution is 6.32. The van der Waals surface area contributed by atoms with Gasteiger partial charge in [0.05, 0.1) is 0 Å². The summed E-state index contributed by atoms with van der Waals surface area (Å²) in [6.07, 6.45) is 1.22. The molecule has 6 heteroatoms. The van der Waals surface area contributed by atoms with Crippen molar-refractivity contribution < 1.29 is 14.3 Å². The molecule has 3 aromatic carbocycles. The van der Waals surface area contributed by atoms with Crippen molar-refractivity contribution in [3.8, 4) is 5.75 Å². The van der Waals surface area contributed by atoms with Gasteiger partial charge in [-0.25, -0.2) is 0 Å². The van der Waals surface area contributed by atoms with E-state index in [2.05, 4.69) is 5.32 Å². The molecule has 0 aliphatic carbocycles. The first-order chi connectivity index (χ1) is 17.3. The molecule has 0 heterocycles. The second kappa shape index (κ2) is 13.1. The van der Waals surface area contributed by atoms with Crippen molar-refractivity contribution in [2.75, 3.05) is 13.2 Å². The van der Waals surface area contributed by atoms with E-state index in [0.29, 0.717) is 30.3 Å². The van der Waals surface area contributed by atoms with E-state index >= 15 is 0 Å². The number of hydrogen-bond acceptors (Lipinski definition) is 3. The van der Waals surface area contributed by atoms with Crippen LogP contribution in [-0.2, 0) is 22.6 Å². The van der Waals surface area contributed by atoms with Crippen LogP contribution in [0.5, 0.6) is 5.75 Å². The van der Waals surface area contributed by atoms with E-state index in [1.165, 1.54) is 0 Å². The number of rotatable bonds is 11. The third-order valence-corrected chi connectivity index (χ3v) is 6.79. The molecule has 3 rings (SSSR count). The van der Waals surface area contributed by atoms with Gasteiger partial charge in [0.15, 0.2) is 6.61 Å². The zero-order valence-electron chi connectivity index (χ0n) is 21.5. The number of benzene rings is 3. The summed E-state index contributed by atoms with van der Waals surface area (Å²) in [7, 11) is 0. The van der Waals surface area contributed by atoms with Crippen LogP contribution in [0.4, 0.5) is 0 Å². The number of carbonyl (C=O) groups excluding carboxylic acids is 2.